The molecule has 0 N–H and O–H groups in total. The molecule has 24 heavy (non-hydrogen) atoms. The molecular weight excluding hydrogens is 322 g/mol. The molecule has 138 valence electrons. The molecule has 1 aliphatic carbocycles. The summed E-state index contributed by atoms with van der Waals surface area (Å²) in [6, 6.07) is 0.169. The maximum Gasteiger partial charge on any atom is 0.249 e. The summed E-state index contributed by atoms with van der Waals surface area (Å²) < 4.78 is 0. The standard InChI is InChI=1S/C12H15N3O2S.3C2H6/c1-8-9(3-2-4-11(8)15(16)17)10-7-14-5-6-18-12(14)13-10;3*1-2/h2-4,8-10H,5-7H2,1H3;3*1-2H3. The van der Waals surface area contributed by atoms with E-state index in [9.17, 15) is 10.1 Å². The molecule has 2 aliphatic heterocycles. The van der Waals surface area contributed by atoms with Crippen LogP contribution in [-0.4, -0.2) is 39.9 Å². The molecule has 3 atom stereocenters. The van der Waals surface area contributed by atoms with Gasteiger partial charge in [0.25, 0.3) is 0 Å². The quantitative estimate of drug-likeness (QED) is 0.525. The zero-order valence-electron chi connectivity index (χ0n) is 16.2. The van der Waals surface area contributed by atoms with E-state index in [0.29, 0.717) is 5.70 Å². The lowest BCUT2D eigenvalue weighted by molar-refractivity contribution is -0.434. The third-order valence-corrected chi connectivity index (χ3v) is 4.85. The van der Waals surface area contributed by atoms with Crippen molar-refractivity contribution in [2.24, 2.45) is 16.8 Å². The van der Waals surface area contributed by atoms with Crippen LogP contribution in [0.15, 0.2) is 28.9 Å². The summed E-state index contributed by atoms with van der Waals surface area (Å²) in [5.74, 6) is 1.19. The molecule has 5 nitrogen and oxygen atoms in total. The Morgan fingerprint density at radius 1 is 1.25 bits per heavy atom. The lowest BCUT2D eigenvalue weighted by Gasteiger charge is -2.25. The van der Waals surface area contributed by atoms with E-state index in [-0.39, 0.29) is 22.8 Å². The molecule has 2 heterocycles. The van der Waals surface area contributed by atoms with Gasteiger partial charge in [0.2, 0.25) is 5.70 Å². The van der Waals surface area contributed by atoms with Crippen LogP contribution in [0.1, 0.15) is 48.5 Å². The molecule has 1 saturated heterocycles. The third-order valence-electron chi connectivity index (χ3n) is 3.85. The largest absolute Gasteiger partial charge is 0.348 e. The molecule has 0 aromatic carbocycles. The van der Waals surface area contributed by atoms with Crippen molar-refractivity contribution in [3.8, 4) is 0 Å². The minimum absolute atomic E-state index is 0.0654. The predicted octanol–water partition coefficient (Wildman–Crippen LogP) is 4.83. The Hall–Kier alpha value is -1.30. The van der Waals surface area contributed by atoms with Crippen molar-refractivity contribution in [1.82, 2.24) is 4.90 Å². The van der Waals surface area contributed by atoms with E-state index in [1.165, 1.54) is 0 Å². The lowest BCUT2D eigenvalue weighted by Crippen LogP contribution is -2.33. The van der Waals surface area contributed by atoms with Gasteiger partial charge in [-0.2, -0.15) is 0 Å². The summed E-state index contributed by atoms with van der Waals surface area (Å²) in [6.45, 7) is 15.9. The first-order valence-corrected chi connectivity index (χ1v) is 10.1. The van der Waals surface area contributed by atoms with Crippen molar-refractivity contribution in [3.05, 3.63) is 34.0 Å². The van der Waals surface area contributed by atoms with Gasteiger partial charge in [0, 0.05) is 30.8 Å². The number of aliphatic imine (C=N–C) groups is 1. The van der Waals surface area contributed by atoms with Crippen molar-refractivity contribution < 1.29 is 4.92 Å². The van der Waals surface area contributed by atoms with Crippen molar-refractivity contribution in [1.29, 1.82) is 0 Å². The van der Waals surface area contributed by atoms with Crippen LogP contribution >= 0.6 is 11.8 Å². The Bertz CT molecular complexity index is 475. The average Bonchev–Trinajstić information content (AvgIpc) is 3.22. The molecule has 1 fully saturated rings. The van der Waals surface area contributed by atoms with E-state index in [2.05, 4.69) is 11.0 Å². The SMILES string of the molecule is CC.CC.CC.CC1C([N+](=O)[O-])=CC=CC1C1CN2CCSC2=N1. The molecule has 0 saturated carbocycles. The fourth-order valence-electron chi connectivity index (χ4n) is 2.83. The Labute approximate surface area is 151 Å². The molecule has 0 radical (unpaired) electrons. The summed E-state index contributed by atoms with van der Waals surface area (Å²) in [5, 5.41) is 12.1. The minimum Gasteiger partial charge on any atom is -0.348 e. The van der Waals surface area contributed by atoms with Crippen LogP contribution in [0.4, 0.5) is 0 Å². The highest BCUT2D eigenvalue weighted by Crippen LogP contribution is 2.35. The highest BCUT2D eigenvalue weighted by atomic mass is 32.2. The van der Waals surface area contributed by atoms with Crippen molar-refractivity contribution in [3.63, 3.8) is 0 Å². The van der Waals surface area contributed by atoms with Crippen LogP contribution < -0.4 is 0 Å². The van der Waals surface area contributed by atoms with Gasteiger partial charge in [-0.1, -0.05) is 72.4 Å². The number of thioether (sulfide) groups is 1. The van der Waals surface area contributed by atoms with E-state index in [1.54, 1.807) is 23.9 Å². The van der Waals surface area contributed by atoms with Crippen LogP contribution in [0.25, 0.3) is 0 Å². The van der Waals surface area contributed by atoms with Gasteiger partial charge in [0.05, 0.1) is 16.9 Å². The number of hydrogen-bond acceptors (Lipinski definition) is 5. The summed E-state index contributed by atoms with van der Waals surface area (Å²) in [6.07, 6.45) is 5.48. The van der Waals surface area contributed by atoms with Gasteiger partial charge < -0.3 is 4.90 Å². The second kappa shape index (κ2) is 12.1. The Kier molecular flexibility index (Phi) is 11.5. The maximum atomic E-state index is 11.0. The minimum atomic E-state index is -0.265. The van der Waals surface area contributed by atoms with E-state index < -0.39 is 0 Å². The molecular formula is C18H33N3O2S. The molecule has 6 heteroatoms. The number of fused-ring (bicyclic) bond motifs is 1. The second-order valence-corrected chi connectivity index (χ2v) is 5.94. The number of allylic oxidation sites excluding steroid dienone is 3. The Morgan fingerprint density at radius 2 is 1.88 bits per heavy atom. The fourth-order valence-corrected chi connectivity index (χ4v) is 3.88. The summed E-state index contributed by atoms with van der Waals surface area (Å²) in [5.41, 5.74) is 0.308. The molecule has 3 aliphatic rings. The lowest BCUT2D eigenvalue weighted by atomic mass is 9.82. The number of nitro groups is 1. The van der Waals surface area contributed by atoms with Crippen molar-refractivity contribution >= 4 is 16.9 Å². The molecule has 0 bridgehead atoms. The van der Waals surface area contributed by atoms with Gasteiger partial charge in [-0.05, 0) is 0 Å². The van der Waals surface area contributed by atoms with Gasteiger partial charge >= 0.3 is 0 Å². The Balaban J connectivity index is 0.000000798. The second-order valence-electron chi connectivity index (χ2n) is 4.87. The maximum absolute atomic E-state index is 11.0. The van der Waals surface area contributed by atoms with Gasteiger partial charge in [-0.3, -0.25) is 15.1 Å². The van der Waals surface area contributed by atoms with Gasteiger partial charge in [-0.25, -0.2) is 0 Å². The first-order valence-electron chi connectivity index (χ1n) is 9.15. The molecule has 3 rings (SSSR count). The highest BCUT2D eigenvalue weighted by molar-refractivity contribution is 8.14. The molecule has 0 aromatic heterocycles. The van der Waals surface area contributed by atoms with Crippen molar-refractivity contribution in [2.45, 2.75) is 54.5 Å². The molecule has 0 aromatic rings. The molecule has 3 unspecified atom stereocenters. The number of hydrogen-bond donors (Lipinski definition) is 0. The predicted molar refractivity (Wildman–Crippen MR) is 106 cm³/mol. The summed E-state index contributed by atoms with van der Waals surface area (Å²) >= 11 is 1.79. The number of rotatable bonds is 2. The smallest absolute Gasteiger partial charge is 0.249 e. The molecule has 0 spiro atoms. The van der Waals surface area contributed by atoms with Crippen LogP contribution in [-0.2, 0) is 0 Å². The van der Waals surface area contributed by atoms with E-state index in [0.717, 1.165) is 24.0 Å². The topological polar surface area (TPSA) is 58.7 Å². The van der Waals surface area contributed by atoms with Crippen LogP contribution in [0.2, 0.25) is 0 Å². The zero-order valence-corrected chi connectivity index (χ0v) is 17.0. The van der Waals surface area contributed by atoms with Gasteiger partial charge in [-0.15, -0.1) is 0 Å². The van der Waals surface area contributed by atoms with Crippen LogP contribution in [0, 0.1) is 22.0 Å². The normalized spacial score (nSPS) is 26.5. The van der Waals surface area contributed by atoms with Gasteiger partial charge in [0.15, 0.2) is 5.17 Å². The van der Waals surface area contributed by atoms with Crippen molar-refractivity contribution in [2.75, 3.05) is 18.8 Å². The Morgan fingerprint density at radius 3 is 2.42 bits per heavy atom. The monoisotopic (exact) mass is 355 g/mol. The zero-order chi connectivity index (χ0) is 18.7. The third kappa shape index (κ3) is 5.36. The number of nitrogens with zero attached hydrogens (tertiary/aromatic N) is 3. The van der Waals surface area contributed by atoms with E-state index in [1.807, 2.05) is 48.5 Å². The van der Waals surface area contributed by atoms with E-state index in [4.69, 9.17) is 4.99 Å². The average molecular weight is 356 g/mol. The van der Waals surface area contributed by atoms with E-state index >= 15 is 0 Å². The fraction of sp³-hybridized carbons (Fsp3) is 0.722. The summed E-state index contributed by atoms with van der Waals surface area (Å²) in [7, 11) is 0. The first-order chi connectivity index (χ1) is 11.7. The molecule has 0 amide bonds. The summed E-state index contributed by atoms with van der Waals surface area (Å²) in [4.78, 5) is 17.7. The highest BCUT2D eigenvalue weighted by Gasteiger charge is 2.39. The van der Waals surface area contributed by atoms with Crippen LogP contribution in [0.5, 0.6) is 0 Å². The number of amidine groups is 1. The van der Waals surface area contributed by atoms with Gasteiger partial charge in [0.1, 0.15) is 0 Å². The first kappa shape index (κ1) is 22.7. The van der Waals surface area contributed by atoms with Crippen LogP contribution in [0.3, 0.4) is 0 Å².